The Morgan fingerprint density at radius 1 is 1.25 bits per heavy atom. The van der Waals surface area contributed by atoms with Gasteiger partial charge in [-0.3, -0.25) is 15.1 Å². The molecule has 1 aliphatic heterocycles. The fourth-order valence-electron chi connectivity index (χ4n) is 3.46. The first-order chi connectivity index (χ1) is 11.7. The monoisotopic (exact) mass is 327 g/mol. The maximum absolute atomic E-state index is 11.7. The van der Waals surface area contributed by atoms with E-state index in [2.05, 4.69) is 46.7 Å². The summed E-state index contributed by atoms with van der Waals surface area (Å²) in [4.78, 5) is 14.1. The summed E-state index contributed by atoms with van der Waals surface area (Å²) >= 11 is 0. The molecule has 0 atom stereocenters. The summed E-state index contributed by atoms with van der Waals surface area (Å²) in [5.74, 6) is 6.19. The van der Waals surface area contributed by atoms with Crippen LogP contribution in [0.5, 0.6) is 5.75 Å². The second-order valence-corrected chi connectivity index (χ2v) is 6.26. The van der Waals surface area contributed by atoms with Crippen molar-refractivity contribution in [2.45, 2.75) is 26.3 Å². The van der Waals surface area contributed by atoms with Crippen molar-refractivity contribution in [2.24, 2.45) is 11.8 Å². The number of likely N-dealkylation sites (tertiary alicyclic amines) is 1. The molecule has 5 nitrogen and oxygen atoms in total. The van der Waals surface area contributed by atoms with Gasteiger partial charge in [0.05, 0.1) is 6.61 Å². The van der Waals surface area contributed by atoms with Crippen LogP contribution in [-0.2, 0) is 11.3 Å². The molecule has 0 aromatic heterocycles. The lowest BCUT2D eigenvalue weighted by Gasteiger charge is -2.31. The minimum absolute atomic E-state index is 0.0325. The predicted molar refractivity (Wildman–Crippen MR) is 95.4 cm³/mol. The Balaban J connectivity index is 1.79. The minimum Gasteiger partial charge on any atom is -0.494 e. The average Bonchev–Trinajstić information content (AvgIpc) is 2.63. The number of carbonyl (C=O) groups excluding carboxylic acids is 1. The molecular formula is C19H25N3O2. The summed E-state index contributed by atoms with van der Waals surface area (Å²) in [7, 11) is 0. The molecule has 0 aliphatic carbocycles. The Labute approximate surface area is 142 Å². The Bertz CT molecular complexity index is 709. The van der Waals surface area contributed by atoms with E-state index in [0.717, 1.165) is 38.2 Å². The number of rotatable bonds is 5. The lowest BCUT2D eigenvalue weighted by atomic mass is 9.95. The Kier molecular flexibility index (Phi) is 5.33. The number of fused-ring (bicyclic) bond motifs is 1. The first-order valence-corrected chi connectivity index (χ1v) is 8.59. The van der Waals surface area contributed by atoms with Crippen molar-refractivity contribution < 1.29 is 9.53 Å². The molecule has 1 heterocycles. The zero-order valence-electron chi connectivity index (χ0n) is 14.1. The van der Waals surface area contributed by atoms with Crippen LogP contribution in [0.25, 0.3) is 10.8 Å². The van der Waals surface area contributed by atoms with Crippen LogP contribution in [0, 0.1) is 5.92 Å². The van der Waals surface area contributed by atoms with Crippen LogP contribution < -0.4 is 16.0 Å². The third-order valence-corrected chi connectivity index (χ3v) is 4.78. The molecule has 0 spiro atoms. The molecular weight excluding hydrogens is 302 g/mol. The maximum Gasteiger partial charge on any atom is 0.237 e. The lowest BCUT2D eigenvalue weighted by molar-refractivity contribution is -0.126. The lowest BCUT2D eigenvalue weighted by Crippen LogP contribution is -2.42. The van der Waals surface area contributed by atoms with Gasteiger partial charge < -0.3 is 4.74 Å². The Hall–Kier alpha value is -2.11. The van der Waals surface area contributed by atoms with Gasteiger partial charge in [-0.15, -0.1) is 0 Å². The third kappa shape index (κ3) is 3.52. The molecule has 2 aromatic carbocycles. The largest absolute Gasteiger partial charge is 0.494 e. The van der Waals surface area contributed by atoms with Gasteiger partial charge in [0.2, 0.25) is 5.91 Å². The molecule has 24 heavy (non-hydrogen) atoms. The van der Waals surface area contributed by atoms with Crippen molar-refractivity contribution in [1.82, 2.24) is 10.3 Å². The zero-order valence-corrected chi connectivity index (χ0v) is 14.1. The van der Waals surface area contributed by atoms with Crippen LogP contribution in [0.2, 0.25) is 0 Å². The van der Waals surface area contributed by atoms with Gasteiger partial charge >= 0.3 is 0 Å². The normalized spacial score (nSPS) is 16.2. The SMILES string of the molecule is CCOc1ccc2ccccc2c1CN1CCC(C(=O)NN)CC1. The van der Waals surface area contributed by atoms with Crippen molar-refractivity contribution in [3.8, 4) is 5.75 Å². The molecule has 0 saturated carbocycles. The molecule has 3 rings (SSSR count). The van der Waals surface area contributed by atoms with Gasteiger partial charge in [-0.05, 0) is 49.7 Å². The molecule has 1 saturated heterocycles. The van der Waals surface area contributed by atoms with E-state index >= 15 is 0 Å². The van der Waals surface area contributed by atoms with E-state index in [1.54, 1.807) is 0 Å². The zero-order chi connectivity index (χ0) is 16.9. The van der Waals surface area contributed by atoms with E-state index in [9.17, 15) is 4.79 Å². The van der Waals surface area contributed by atoms with Crippen molar-refractivity contribution in [3.63, 3.8) is 0 Å². The number of nitrogens with zero attached hydrogens (tertiary/aromatic N) is 1. The topological polar surface area (TPSA) is 67.6 Å². The quantitative estimate of drug-likeness (QED) is 0.503. The van der Waals surface area contributed by atoms with Gasteiger partial charge in [0.1, 0.15) is 5.75 Å². The van der Waals surface area contributed by atoms with Crippen LogP contribution in [0.15, 0.2) is 36.4 Å². The van der Waals surface area contributed by atoms with Crippen LogP contribution in [0.1, 0.15) is 25.3 Å². The van der Waals surface area contributed by atoms with Crippen LogP contribution in [0.4, 0.5) is 0 Å². The second kappa shape index (κ2) is 7.64. The van der Waals surface area contributed by atoms with Gasteiger partial charge in [-0.1, -0.05) is 30.3 Å². The molecule has 0 unspecified atom stereocenters. The van der Waals surface area contributed by atoms with Crippen molar-refractivity contribution >= 4 is 16.7 Å². The second-order valence-electron chi connectivity index (χ2n) is 6.26. The van der Waals surface area contributed by atoms with Crippen LogP contribution in [-0.4, -0.2) is 30.5 Å². The smallest absolute Gasteiger partial charge is 0.237 e. The van der Waals surface area contributed by atoms with Gasteiger partial charge in [-0.2, -0.15) is 0 Å². The first kappa shape index (κ1) is 16.7. The van der Waals surface area contributed by atoms with Crippen molar-refractivity contribution in [2.75, 3.05) is 19.7 Å². The molecule has 1 aliphatic rings. The number of benzene rings is 2. The van der Waals surface area contributed by atoms with Gasteiger partial charge in [0.25, 0.3) is 0 Å². The Morgan fingerprint density at radius 3 is 2.71 bits per heavy atom. The van der Waals surface area contributed by atoms with E-state index in [1.807, 2.05) is 6.92 Å². The van der Waals surface area contributed by atoms with Crippen LogP contribution in [0.3, 0.4) is 0 Å². The van der Waals surface area contributed by atoms with E-state index in [4.69, 9.17) is 10.6 Å². The number of carbonyl (C=O) groups is 1. The third-order valence-electron chi connectivity index (χ3n) is 4.78. The molecule has 1 amide bonds. The number of hydrogen-bond donors (Lipinski definition) is 2. The van der Waals surface area contributed by atoms with E-state index < -0.39 is 0 Å². The number of hydrogen-bond acceptors (Lipinski definition) is 4. The first-order valence-electron chi connectivity index (χ1n) is 8.59. The van der Waals surface area contributed by atoms with E-state index in [-0.39, 0.29) is 11.8 Å². The minimum atomic E-state index is -0.0465. The molecule has 2 aromatic rings. The van der Waals surface area contributed by atoms with Gasteiger partial charge in [0, 0.05) is 18.0 Å². The van der Waals surface area contributed by atoms with Crippen LogP contribution >= 0.6 is 0 Å². The van der Waals surface area contributed by atoms with Crippen molar-refractivity contribution in [3.05, 3.63) is 42.0 Å². The van der Waals surface area contributed by atoms with Gasteiger partial charge in [0.15, 0.2) is 0 Å². The number of nitrogens with two attached hydrogens (primary N) is 1. The highest BCUT2D eigenvalue weighted by molar-refractivity contribution is 5.87. The molecule has 1 fully saturated rings. The average molecular weight is 327 g/mol. The van der Waals surface area contributed by atoms with Crippen molar-refractivity contribution in [1.29, 1.82) is 0 Å². The summed E-state index contributed by atoms with van der Waals surface area (Å²) < 4.78 is 5.86. The molecule has 0 bridgehead atoms. The molecule has 128 valence electrons. The maximum atomic E-state index is 11.7. The van der Waals surface area contributed by atoms with Gasteiger partial charge in [-0.25, -0.2) is 5.84 Å². The summed E-state index contributed by atoms with van der Waals surface area (Å²) in [5.41, 5.74) is 3.50. The number of amides is 1. The fraction of sp³-hybridized carbons (Fsp3) is 0.421. The van der Waals surface area contributed by atoms with E-state index in [1.165, 1.54) is 16.3 Å². The van der Waals surface area contributed by atoms with E-state index in [0.29, 0.717) is 6.61 Å². The summed E-state index contributed by atoms with van der Waals surface area (Å²) in [6, 6.07) is 12.6. The summed E-state index contributed by atoms with van der Waals surface area (Å²) in [6.45, 7) is 5.30. The number of piperidine rings is 1. The Morgan fingerprint density at radius 2 is 2.00 bits per heavy atom. The number of ether oxygens (including phenoxy) is 1. The molecule has 0 radical (unpaired) electrons. The number of hydrazine groups is 1. The standard InChI is InChI=1S/C19H25N3O2/c1-2-24-18-8-7-14-5-3-4-6-16(14)17(18)13-22-11-9-15(10-12-22)19(23)21-20/h3-8,15H,2,9-13,20H2,1H3,(H,21,23). The fourth-order valence-corrected chi connectivity index (χ4v) is 3.46. The highest BCUT2D eigenvalue weighted by Crippen LogP contribution is 2.30. The summed E-state index contributed by atoms with van der Waals surface area (Å²) in [6.07, 6.45) is 1.69. The predicted octanol–water partition coefficient (Wildman–Crippen LogP) is 2.44. The highest BCUT2D eigenvalue weighted by Gasteiger charge is 2.25. The molecule has 3 N–H and O–H groups in total. The number of nitrogens with one attached hydrogen (secondary N) is 1. The highest BCUT2D eigenvalue weighted by atomic mass is 16.5. The summed E-state index contributed by atoms with van der Waals surface area (Å²) in [5, 5.41) is 2.47. The molecule has 5 heteroatoms.